The maximum Gasteiger partial charge on any atom is 0.407 e. The molecule has 8 nitrogen and oxygen atoms in total. The maximum atomic E-state index is 12.3. The Hall–Kier alpha value is -2.29. The van der Waals surface area contributed by atoms with E-state index in [2.05, 4.69) is 41.4 Å². The van der Waals surface area contributed by atoms with Gasteiger partial charge in [-0.1, -0.05) is 13.8 Å². The summed E-state index contributed by atoms with van der Waals surface area (Å²) in [7, 11) is 0. The summed E-state index contributed by atoms with van der Waals surface area (Å²) < 4.78 is 6.25. The van der Waals surface area contributed by atoms with E-state index >= 15 is 0 Å². The van der Waals surface area contributed by atoms with Crippen LogP contribution in [0.15, 0.2) is 16.9 Å². The van der Waals surface area contributed by atoms with E-state index in [1.807, 2.05) is 34.6 Å². The summed E-state index contributed by atoms with van der Waals surface area (Å²) in [5.74, 6) is -0.180. The van der Waals surface area contributed by atoms with Crippen molar-refractivity contribution in [2.75, 3.05) is 23.3 Å². The van der Waals surface area contributed by atoms with Gasteiger partial charge in [0.2, 0.25) is 5.91 Å². The van der Waals surface area contributed by atoms with Gasteiger partial charge in [0.15, 0.2) is 0 Å². The summed E-state index contributed by atoms with van der Waals surface area (Å²) >= 11 is 3.63. The monoisotopic (exact) mass is 479 g/mol. The molecule has 0 saturated carbocycles. The molecule has 0 spiro atoms. The fourth-order valence-corrected chi connectivity index (χ4v) is 4.06. The number of aromatic nitrogens is 2. The highest BCUT2D eigenvalue weighted by atomic mass is 79.9. The Morgan fingerprint density at radius 2 is 2.10 bits per heavy atom. The Bertz CT molecular complexity index is 935. The number of anilines is 2. The van der Waals surface area contributed by atoms with Crippen molar-refractivity contribution in [3.8, 4) is 0 Å². The molecule has 0 aliphatic carbocycles. The molecule has 1 aliphatic rings. The molecule has 2 aromatic heterocycles. The number of alkyl carbamates (subject to hydrolysis) is 1. The second kappa shape index (κ2) is 8.83. The Morgan fingerprint density at radius 1 is 1.37 bits per heavy atom. The molecule has 0 aromatic carbocycles. The lowest BCUT2D eigenvalue weighted by molar-refractivity contribution is -0.118. The summed E-state index contributed by atoms with van der Waals surface area (Å²) in [6.07, 6.45) is 4.93. The van der Waals surface area contributed by atoms with Crippen molar-refractivity contribution in [3.63, 3.8) is 0 Å². The molecule has 1 fully saturated rings. The average molecular weight is 480 g/mol. The van der Waals surface area contributed by atoms with Gasteiger partial charge >= 0.3 is 6.09 Å². The lowest BCUT2D eigenvalue weighted by Crippen LogP contribution is -2.49. The first kappa shape index (κ1) is 22.4. The Labute approximate surface area is 185 Å². The fraction of sp³-hybridized carbons (Fsp3) is 0.571. The molecule has 3 rings (SSSR count). The van der Waals surface area contributed by atoms with Gasteiger partial charge in [0.1, 0.15) is 11.2 Å². The number of rotatable bonds is 4. The van der Waals surface area contributed by atoms with Crippen molar-refractivity contribution in [1.29, 1.82) is 0 Å². The first-order chi connectivity index (χ1) is 14.0. The Morgan fingerprint density at radius 3 is 2.77 bits per heavy atom. The number of carbonyl (C=O) groups excluding carboxylic acids is 2. The molecular formula is C21H30BrN5O3. The number of aromatic amines is 1. The van der Waals surface area contributed by atoms with Gasteiger partial charge < -0.3 is 25.3 Å². The summed E-state index contributed by atoms with van der Waals surface area (Å²) in [5.41, 5.74) is 1.83. The molecule has 3 heterocycles. The molecule has 1 saturated heterocycles. The highest BCUT2D eigenvalue weighted by Gasteiger charge is 2.27. The second-order valence-electron chi connectivity index (χ2n) is 8.96. The molecule has 2 amide bonds. The third-order valence-electron chi connectivity index (χ3n) is 4.87. The van der Waals surface area contributed by atoms with Gasteiger partial charge in [-0.3, -0.25) is 4.79 Å². The van der Waals surface area contributed by atoms with Crippen molar-refractivity contribution >= 4 is 50.3 Å². The number of pyridine rings is 1. The van der Waals surface area contributed by atoms with E-state index in [0.29, 0.717) is 17.9 Å². The van der Waals surface area contributed by atoms with Crippen molar-refractivity contribution in [2.24, 2.45) is 5.92 Å². The normalized spacial score (nSPS) is 17.3. The van der Waals surface area contributed by atoms with Gasteiger partial charge in [-0.05, 0) is 49.5 Å². The number of hydrogen-bond acceptors (Lipinski definition) is 5. The third-order valence-corrected chi connectivity index (χ3v) is 5.45. The first-order valence-corrected chi connectivity index (χ1v) is 11.1. The van der Waals surface area contributed by atoms with Crippen LogP contribution >= 0.6 is 15.9 Å². The summed E-state index contributed by atoms with van der Waals surface area (Å²) in [5, 5.41) is 6.84. The molecule has 0 bridgehead atoms. The smallest absolute Gasteiger partial charge is 0.407 e. The highest BCUT2D eigenvalue weighted by Crippen LogP contribution is 2.39. The van der Waals surface area contributed by atoms with Crippen LogP contribution in [0.25, 0.3) is 11.0 Å². The quantitative estimate of drug-likeness (QED) is 0.602. The van der Waals surface area contributed by atoms with Crippen molar-refractivity contribution < 1.29 is 14.3 Å². The number of fused-ring (bicyclic) bond motifs is 1. The van der Waals surface area contributed by atoms with E-state index in [0.717, 1.165) is 34.9 Å². The predicted molar refractivity (Wildman–Crippen MR) is 122 cm³/mol. The Kier molecular flexibility index (Phi) is 6.59. The zero-order valence-electron chi connectivity index (χ0n) is 18.1. The minimum atomic E-state index is -0.534. The molecule has 2 aromatic rings. The Balaban J connectivity index is 1.86. The predicted octanol–water partition coefficient (Wildman–Crippen LogP) is 4.41. The molecule has 164 valence electrons. The molecular weight excluding hydrogens is 450 g/mol. The van der Waals surface area contributed by atoms with Crippen LogP contribution in [0.4, 0.5) is 16.2 Å². The number of nitrogens with one attached hydrogen (secondary N) is 3. The number of H-pyrrole nitrogens is 1. The number of carbonyl (C=O) groups is 2. The van der Waals surface area contributed by atoms with E-state index in [-0.39, 0.29) is 17.9 Å². The van der Waals surface area contributed by atoms with Crippen molar-refractivity contribution in [2.45, 2.75) is 59.1 Å². The largest absolute Gasteiger partial charge is 0.444 e. The number of nitrogens with zero attached hydrogens (tertiary/aromatic N) is 2. The van der Waals surface area contributed by atoms with E-state index < -0.39 is 11.7 Å². The van der Waals surface area contributed by atoms with Crippen LogP contribution in [0.5, 0.6) is 0 Å². The highest BCUT2D eigenvalue weighted by molar-refractivity contribution is 9.10. The van der Waals surface area contributed by atoms with E-state index in [4.69, 9.17) is 4.74 Å². The molecule has 1 atom stereocenters. The van der Waals surface area contributed by atoms with Gasteiger partial charge in [-0.25, -0.2) is 9.78 Å². The lowest BCUT2D eigenvalue weighted by atomic mass is 10.0. The van der Waals surface area contributed by atoms with Crippen LogP contribution in [0.3, 0.4) is 0 Å². The number of amides is 2. The zero-order chi connectivity index (χ0) is 22.1. The van der Waals surface area contributed by atoms with Crippen LogP contribution in [0, 0.1) is 5.92 Å². The van der Waals surface area contributed by atoms with Gasteiger partial charge in [0.25, 0.3) is 0 Å². The number of halogens is 1. The average Bonchev–Trinajstić information content (AvgIpc) is 3.03. The SMILES string of the molecule is CC(C)C(=O)Nc1c[nH]c2ncc(Br)c(N3CCC[C@@H](NC(=O)OC(C)(C)C)C3)c12. The van der Waals surface area contributed by atoms with Crippen molar-refractivity contribution in [3.05, 3.63) is 16.9 Å². The van der Waals surface area contributed by atoms with E-state index in [1.54, 1.807) is 12.4 Å². The maximum absolute atomic E-state index is 12.3. The van der Waals surface area contributed by atoms with Crippen molar-refractivity contribution in [1.82, 2.24) is 15.3 Å². The van der Waals surface area contributed by atoms with Gasteiger partial charge in [-0.15, -0.1) is 0 Å². The minimum Gasteiger partial charge on any atom is -0.444 e. The van der Waals surface area contributed by atoms with Gasteiger partial charge in [0, 0.05) is 37.4 Å². The topological polar surface area (TPSA) is 99.4 Å². The van der Waals surface area contributed by atoms with Gasteiger partial charge in [0.05, 0.1) is 21.2 Å². The fourth-order valence-electron chi connectivity index (χ4n) is 3.51. The molecule has 3 N–H and O–H groups in total. The zero-order valence-corrected chi connectivity index (χ0v) is 19.7. The van der Waals surface area contributed by atoms with Gasteiger partial charge in [-0.2, -0.15) is 0 Å². The number of hydrogen-bond donors (Lipinski definition) is 3. The number of piperidine rings is 1. The molecule has 30 heavy (non-hydrogen) atoms. The summed E-state index contributed by atoms with van der Waals surface area (Å²) in [4.78, 5) is 34.3. The molecule has 0 radical (unpaired) electrons. The first-order valence-electron chi connectivity index (χ1n) is 10.3. The molecule has 9 heteroatoms. The lowest BCUT2D eigenvalue weighted by Gasteiger charge is -2.36. The number of ether oxygens (including phenoxy) is 1. The second-order valence-corrected chi connectivity index (χ2v) is 9.81. The van der Waals surface area contributed by atoms with Crippen LogP contribution in [-0.2, 0) is 9.53 Å². The third kappa shape index (κ3) is 5.24. The summed E-state index contributed by atoms with van der Waals surface area (Å²) in [6, 6.07) is -0.0311. The van der Waals surface area contributed by atoms with Crippen LogP contribution in [0.2, 0.25) is 0 Å². The standard InChI is InChI=1S/C21H30BrN5O3/c1-12(2)19(28)26-15-10-24-18-16(15)17(14(22)9-23-18)27-8-6-7-13(11-27)25-20(29)30-21(3,4)5/h9-10,12-13H,6-8,11H2,1-5H3,(H,23,24)(H,25,29)(H,26,28)/t13-/m1/s1. The molecule has 1 aliphatic heterocycles. The van der Waals surface area contributed by atoms with Crippen LogP contribution in [0.1, 0.15) is 47.5 Å². The van der Waals surface area contributed by atoms with E-state index in [9.17, 15) is 9.59 Å². The minimum absolute atomic E-state index is 0.0311. The summed E-state index contributed by atoms with van der Waals surface area (Å²) in [6.45, 7) is 10.7. The van der Waals surface area contributed by atoms with Crippen LogP contribution in [-0.4, -0.2) is 46.7 Å². The molecule has 0 unspecified atom stereocenters. The van der Waals surface area contributed by atoms with E-state index in [1.165, 1.54) is 0 Å². The van der Waals surface area contributed by atoms with Crippen LogP contribution < -0.4 is 15.5 Å².